The molecule has 5 heteroatoms. The first kappa shape index (κ1) is 14.6. The van der Waals surface area contributed by atoms with Gasteiger partial charge in [0.25, 0.3) is 0 Å². The minimum Gasteiger partial charge on any atom is -0.393 e. The highest BCUT2D eigenvalue weighted by Crippen LogP contribution is 2.25. The monoisotopic (exact) mass is 305 g/mol. The Kier molecular flexibility index (Phi) is 4.29. The standard InChI is InChI=1S/C16H20ClN3O/c1-12-15(11-19-9-7-14(21)8-10-19)16(17)20(18-12)13-5-3-2-4-6-13/h2-6,14,21H,7-11H2,1H3. The molecule has 1 N–H and O–H groups in total. The molecule has 3 rings (SSSR count). The van der Waals surface area contributed by atoms with Crippen molar-refractivity contribution in [2.45, 2.75) is 32.4 Å². The van der Waals surface area contributed by atoms with Gasteiger partial charge in [-0.25, -0.2) is 4.68 Å². The molecule has 2 aromatic rings. The molecule has 0 bridgehead atoms. The van der Waals surface area contributed by atoms with Gasteiger partial charge in [-0.15, -0.1) is 0 Å². The highest BCUT2D eigenvalue weighted by molar-refractivity contribution is 6.30. The zero-order valence-corrected chi connectivity index (χ0v) is 12.9. The maximum Gasteiger partial charge on any atom is 0.137 e. The van der Waals surface area contributed by atoms with Crippen LogP contribution in [0.2, 0.25) is 5.15 Å². The average Bonchev–Trinajstić information content (AvgIpc) is 2.78. The van der Waals surface area contributed by atoms with Crippen molar-refractivity contribution in [1.29, 1.82) is 0 Å². The number of aryl methyl sites for hydroxylation is 1. The maximum absolute atomic E-state index is 9.59. The van der Waals surface area contributed by atoms with Crippen LogP contribution in [0.15, 0.2) is 30.3 Å². The van der Waals surface area contributed by atoms with Crippen molar-refractivity contribution in [3.05, 3.63) is 46.7 Å². The highest BCUT2D eigenvalue weighted by Gasteiger charge is 2.21. The normalized spacial score (nSPS) is 17.3. The van der Waals surface area contributed by atoms with Gasteiger partial charge >= 0.3 is 0 Å². The second kappa shape index (κ2) is 6.18. The first-order valence-electron chi connectivity index (χ1n) is 7.35. The molecule has 1 aliphatic heterocycles. The number of para-hydroxylation sites is 1. The first-order chi connectivity index (χ1) is 10.1. The number of hydrogen-bond donors (Lipinski definition) is 1. The molecule has 0 spiro atoms. The average molecular weight is 306 g/mol. The van der Waals surface area contributed by atoms with Crippen LogP contribution in [0.4, 0.5) is 0 Å². The Hall–Kier alpha value is -1.36. The molecule has 0 aliphatic carbocycles. The number of piperidine rings is 1. The Bertz CT molecular complexity index is 603. The van der Waals surface area contributed by atoms with E-state index in [1.165, 1.54) is 0 Å². The second-order valence-corrected chi connectivity index (χ2v) is 5.97. The third-order valence-corrected chi connectivity index (χ3v) is 4.45. The molecular formula is C16H20ClN3O. The number of nitrogens with zero attached hydrogens (tertiary/aromatic N) is 3. The molecule has 0 saturated carbocycles. The van der Waals surface area contributed by atoms with Crippen LogP contribution in [0.5, 0.6) is 0 Å². The van der Waals surface area contributed by atoms with E-state index < -0.39 is 0 Å². The Balaban J connectivity index is 1.82. The quantitative estimate of drug-likeness (QED) is 0.948. The molecule has 1 fully saturated rings. The summed E-state index contributed by atoms with van der Waals surface area (Å²) in [5.41, 5.74) is 3.03. The predicted octanol–water partition coefficient (Wildman–Crippen LogP) is 2.79. The van der Waals surface area contributed by atoms with Crippen LogP contribution in [0, 0.1) is 6.92 Å². The predicted molar refractivity (Wildman–Crippen MR) is 83.8 cm³/mol. The summed E-state index contributed by atoms with van der Waals surface area (Å²) >= 11 is 6.54. The number of benzene rings is 1. The first-order valence-corrected chi connectivity index (χ1v) is 7.73. The fraction of sp³-hybridized carbons (Fsp3) is 0.438. The molecule has 2 heterocycles. The smallest absolute Gasteiger partial charge is 0.137 e. The third kappa shape index (κ3) is 3.12. The maximum atomic E-state index is 9.59. The number of aliphatic hydroxyl groups is 1. The minimum absolute atomic E-state index is 0.148. The summed E-state index contributed by atoms with van der Waals surface area (Å²) in [5, 5.41) is 14.8. The second-order valence-electron chi connectivity index (χ2n) is 5.61. The zero-order chi connectivity index (χ0) is 14.8. The highest BCUT2D eigenvalue weighted by atomic mass is 35.5. The van der Waals surface area contributed by atoms with Crippen molar-refractivity contribution >= 4 is 11.6 Å². The van der Waals surface area contributed by atoms with Crippen LogP contribution >= 0.6 is 11.6 Å². The van der Waals surface area contributed by atoms with Crippen molar-refractivity contribution in [2.75, 3.05) is 13.1 Å². The van der Waals surface area contributed by atoms with Gasteiger partial charge in [-0.05, 0) is 31.9 Å². The summed E-state index contributed by atoms with van der Waals surface area (Å²) in [6.45, 7) is 4.62. The summed E-state index contributed by atoms with van der Waals surface area (Å²) < 4.78 is 1.80. The van der Waals surface area contributed by atoms with E-state index in [9.17, 15) is 5.11 Å². The van der Waals surface area contributed by atoms with Crippen LogP contribution in [-0.4, -0.2) is 39.0 Å². The fourth-order valence-corrected chi connectivity index (χ4v) is 3.08. The van der Waals surface area contributed by atoms with Gasteiger partial charge in [0.1, 0.15) is 5.15 Å². The lowest BCUT2D eigenvalue weighted by atomic mass is 10.1. The summed E-state index contributed by atoms with van der Waals surface area (Å²) in [6, 6.07) is 9.94. The van der Waals surface area contributed by atoms with Gasteiger partial charge in [-0.1, -0.05) is 29.8 Å². The molecule has 0 atom stereocenters. The largest absolute Gasteiger partial charge is 0.393 e. The SMILES string of the molecule is Cc1nn(-c2ccccc2)c(Cl)c1CN1CCC(O)CC1. The molecule has 112 valence electrons. The molecule has 21 heavy (non-hydrogen) atoms. The van der Waals surface area contributed by atoms with Gasteiger partial charge in [0.2, 0.25) is 0 Å². The number of likely N-dealkylation sites (tertiary alicyclic amines) is 1. The summed E-state index contributed by atoms with van der Waals surface area (Å²) in [6.07, 6.45) is 1.53. The molecule has 4 nitrogen and oxygen atoms in total. The van der Waals surface area contributed by atoms with Crippen molar-refractivity contribution in [3.8, 4) is 5.69 Å². The van der Waals surface area contributed by atoms with E-state index in [1.54, 1.807) is 4.68 Å². The van der Waals surface area contributed by atoms with Crippen molar-refractivity contribution < 1.29 is 5.11 Å². The lowest BCUT2D eigenvalue weighted by molar-refractivity contribution is 0.0792. The van der Waals surface area contributed by atoms with Crippen molar-refractivity contribution in [3.63, 3.8) is 0 Å². The van der Waals surface area contributed by atoms with E-state index in [0.29, 0.717) is 5.15 Å². The van der Waals surface area contributed by atoms with Crippen molar-refractivity contribution in [2.24, 2.45) is 0 Å². The lowest BCUT2D eigenvalue weighted by Crippen LogP contribution is -2.35. The zero-order valence-electron chi connectivity index (χ0n) is 12.2. The van der Waals surface area contributed by atoms with Crippen LogP contribution in [0.3, 0.4) is 0 Å². The molecule has 1 aromatic carbocycles. The lowest BCUT2D eigenvalue weighted by Gasteiger charge is -2.29. The molecule has 0 unspecified atom stereocenters. The topological polar surface area (TPSA) is 41.3 Å². The third-order valence-electron chi connectivity index (χ3n) is 4.06. The molecule has 0 amide bonds. The van der Waals surface area contributed by atoms with Crippen LogP contribution < -0.4 is 0 Å². The number of aromatic nitrogens is 2. The van der Waals surface area contributed by atoms with E-state index in [0.717, 1.165) is 49.4 Å². The van der Waals surface area contributed by atoms with E-state index in [2.05, 4.69) is 10.00 Å². The number of aliphatic hydroxyl groups excluding tert-OH is 1. The van der Waals surface area contributed by atoms with Gasteiger partial charge in [0.05, 0.1) is 17.5 Å². The van der Waals surface area contributed by atoms with Gasteiger partial charge in [-0.2, -0.15) is 5.10 Å². The van der Waals surface area contributed by atoms with E-state index in [4.69, 9.17) is 11.6 Å². The van der Waals surface area contributed by atoms with Gasteiger partial charge in [0, 0.05) is 25.2 Å². The van der Waals surface area contributed by atoms with Crippen molar-refractivity contribution in [1.82, 2.24) is 14.7 Å². The van der Waals surface area contributed by atoms with Crippen LogP contribution in [-0.2, 0) is 6.54 Å². The van der Waals surface area contributed by atoms with E-state index in [-0.39, 0.29) is 6.10 Å². The fourth-order valence-electron chi connectivity index (χ4n) is 2.75. The Morgan fingerprint density at radius 1 is 1.24 bits per heavy atom. The molecule has 0 radical (unpaired) electrons. The van der Waals surface area contributed by atoms with Crippen LogP contribution in [0.1, 0.15) is 24.1 Å². The summed E-state index contributed by atoms with van der Waals surface area (Å²) in [4.78, 5) is 2.33. The molecule has 1 aliphatic rings. The summed E-state index contributed by atoms with van der Waals surface area (Å²) in [7, 11) is 0. The number of hydrogen-bond acceptors (Lipinski definition) is 3. The van der Waals surface area contributed by atoms with E-state index in [1.807, 2.05) is 37.3 Å². The van der Waals surface area contributed by atoms with Gasteiger partial charge in [-0.3, -0.25) is 4.90 Å². The van der Waals surface area contributed by atoms with Gasteiger partial charge in [0.15, 0.2) is 0 Å². The van der Waals surface area contributed by atoms with Crippen LogP contribution in [0.25, 0.3) is 5.69 Å². The Morgan fingerprint density at radius 2 is 1.90 bits per heavy atom. The molecule has 1 saturated heterocycles. The Labute approximate surface area is 130 Å². The summed E-state index contributed by atoms with van der Waals surface area (Å²) in [5.74, 6) is 0. The number of halogens is 1. The molecule has 1 aromatic heterocycles. The van der Waals surface area contributed by atoms with Gasteiger partial charge < -0.3 is 5.11 Å². The number of rotatable bonds is 3. The molecular weight excluding hydrogens is 286 g/mol. The van der Waals surface area contributed by atoms with E-state index >= 15 is 0 Å². The Morgan fingerprint density at radius 3 is 2.57 bits per heavy atom. The minimum atomic E-state index is -0.148.